The predicted octanol–water partition coefficient (Wildman–Crippen LogP) is 4.92. The molecule has 0 aliphatic rings. The molecule has 2 heteroatoms. The van der Waals surface area contributed by atoms with Gasteiger partial charge in [0.1, 0.15) is 12.4 Å². The summed E-state index contributed by atoms with van der Waals surface area (Å²) in [5.74, 6) is 1.43. The number of hydrogen-bond acceptors (Lipinski definition) is 0. The van der Waals surface area contributed by atoms with Crippen molar-refractivity contribution < 1.29 is 4.57 Å². The van der Waals surface area contributed by atoms with E-state index in [1.165, 1.54) is 43.5 Å². The van der Waals surface area contributed by atoms with Crippen molar-refractivity contribution in [2.45, 2.75) is 71.9 Å². The Morgan fingerprint density at radius 1 is 1.00 bits per heavy atom. The molecule has 0 N–H and O–H groups in total. The van der Waals surface area contributed by atoms with Crippen LogP contribution in [-0.2, 0) is 13.0 Å². The zero-order chi connectivity index (χ0) is 15.8. The molecule has 0 saturated heterocycles. The van der Waals surface area contributed by atoms with Crippen molar-refractivity contribution in [2.75, 3.05) is 0 Å². The zero-order valence-corrected chi connectivity index (χ0v) is 14.5. The lowest BCUT2D eigenvalue weighted by Gasteiger charge is -2.08. The molecule has 0 spiro atoms. The minimum absolute atomic E-state index is 0.514. The van der Waals surface area contributed by atoms with E-state index in [9.17, 15) is 0 Å². The molecule has 0 fully saturated rings. The Labute approximate surface area is 135 Å². The molecule has 0 amide bonds. The fourth-order valence-electron chi connectivity index (χ4n) is 3.00. The molecule has 0 saturated carbocycles. The Morgan fingerprint density at radius 2 is 1.73 bits per heavy atom. The van der Waals surface area contributed by atoms with Gasteiger partial charge in [-0.15, -0.1) is 0 Å². The molecule has 0 unspecified atom stereocenters. The Kier molecular flexibility index (Phi) is 6.70. The summed E-state index contributed by atoms with van der Waals surface area (Å²) in [6.07, 6.45) is 12.2. The molecule has 1 aromatic carbocycles. The van der Waals surface area contributed by atoms with E-state index < -0.39 is 0 Å². The molecular weight excluding hydrogens is 268 g/mol. The summed E-state index contributed by atoms with van der Waals surface area (Å²) in [5.41, 5.74) is 1.39. The molecule has 0 radical (unpaired) electrons. The van der Waals surface area contributed by atoms with Crippen LogP contribution in [0.15, 0.2) is 42.7 Å². The Bertz CT molecular complexity index is 540. The standard InChI is InChI=1S/C20H31N2/c1-4-5-6-7-11-14-21-15-16-22(18(2)3)20(21)17-19-12-9-8-10-13-19/h8-10,12-13,15-16,18H,4-7,11,14,17H2,1-3H3/q+1. The van der Waals surface area contributed by atoms with Gasteiger partial charge in [-0.3, -0.25) is 0 Å². The van der Waals surface area contributed by atoms with Gasteiger partial charge >= 0.3 is 0 Å². The van der Waals surface area contributed by atoms with Crippen LogP contribution < -0.4 is 4.57 Å². The minimum Gasteiger partial charge on any atom is -0.234 e. The summed E-state index contributed by atoms with van der Waals surface area (Å²) < 4.78 is 4.87. The Morgan fingerprint density at radius 3 is 2.41 bits per heavy atom. The largest absolute Gasteiger partial charge is 0.261 e. The van der Waals surface area contributed by atoms with E-state index in [1.54, 1.807) is 0 Å². The van der Waals surface area contributed by atoms with E-state index in [2.05, 4.69) is 72.6 Å². The highest BCUT2D eigenvalue weighted by molar-refractivity contribution is 5.18. The molecule has 2 aromatic rings. The molecule has 2 nitrogen and oxygen atoms in total. The topological polar surface area (TPSA) is 8.81 Å². The quantitative estimate of drug-likeness (QED) is 0.459. The third-order valence-electron chi connectivity index (χ3n) is 4.30. The summed E-state index contributed by atoms with van der Waals surface area (Å²) in [6, 6.07) is 11.3. The van der Waals surface area contributed by atoms with Crippen LogP contribution in [-0.4, -0.2) is 4.57 Å². The normalized spacial score (nSPS) is 11.3. The molecule has 120 valence electrons. The molecule has 0 aliphatic heterocycles. The van der Waals surface area contributed by atoms with E-state index in [1.807, 2.05) is 0 Å². The SMILES string of the molecule is CCCCCCC[n+]1ccn(C(C)C)c1Cc1ccccc1. The Balaban J connectivity index is 2.06. The Hall–Kier alpha value is -1.57. The molecule has 0 aliphatic carbocycles. The highest BCUT2D eigenvalue weighted by atomic mass is 15.2. The second-order valence-electron chi connectivity index (χ2n) is 6.49. The predicted molar refractivity (Wildman–Crippen MR) is 93.0 cm³/mol. The summed E-state index contributed by atoms with van der Waals surface area (Å²) in [6.45, 7) is 7.95. The number of nitrogens with zero attached hydrogens (tertiary/aromatic N) is 2. The highest BCUT2D eigenvalue weighted by Crippen LogP contribution is 2.12. The van der Waals surface area contributed by atoms with Crippen LogP contribution in [0.5, 0.6) is 0 Å². The first-order valence-corrected chi connectivity index (χ1v) is 8.85. The van der Waals surface area contributed by atoms with E-state index >= 15 is 0 Å². The lowest BCUT2D eigenvalue weighted by molar-refractivity contribution is -0.704. The monoisotopic (exact) mass is 299 g/mol. The number of unbranched alkanes of at least 4 members (excludes halogenated alkanes) is 4. The maximum atomic E-state index is 2.46. The lowest BCUT2D eigenvalue weighted by Crippen LogP contribution is -2.37. The van der Waals surface area contributed by atoms with Crippen LogP contribution in [0.25, 0.3) is 0 Å². The van der Waals surface area contributed by atoms with Crippen LogP contribution in [0.3, 0.4) is 0 Å². The fourth-order valence-corrected chi connectivity index (χ4v) is 3.00. The molecular formula is C20H31N2+. The second-order valence-corrected chi connectivity index (χ2v) is 6.49. The first-order chi connectivity index (χ1) is 10.7. The second kappa shape index (κ2) is 8.77. The van der Waals surface area contributed by atoms with Crippen LogP contribution in [0, 0.1) is 0 Å². The lowest BCUT2D eigenvalue weighted by atomic mass is 10.1. The number of imidazole rings is 1. The van der Waals surface area contributed by atoms with Gasteiger partial charge < -0.3 is 0 Å². The average Bonchev–Trinajstić information content (AvgIpc) is 2.91. The summed E-state index contributed by atoms with van der Waals surface area (Å²) >= 11 is 0. The molecule has 2 rings (SSSR count). The first-order valence-electron chi connectivity index (χ1n) is 8.85. The smallest absolute Gasteiger partial charge is 0.234 e. The van der Waals surface area contributed by atoms with E-state index in [4.69, 9.17) is 0 Å². The molecule has 1 heterocycles. The van der Waals surface area contributed by atoms with Gasteiger partial charge in [0.2, 0.25) is 0 Å². The van der Waals surface area contributed by atoms with Crippen molar-refractivity contribution >= 4 is 0 Å². The maximum absolute atomic E-state index is 2.46. The van der Waals surface area contributed by atoms with Gasteiger partial charge in [0.25, 0.3) is 5.82 Å². The van der Waals surface area contributed by atoms with Gasteiger partial charge in [0.15, 0.2) is 0 Å². The number of aromatic nitrogens is 2. The van der Waals surface area contributed by atoms with Gasteiger partial charge in [-0.05, 0) is 32.3 Å². The zero-order valence-electron chi connectivity index (χ0n) is 14.5. The average molecular weight is 299 g/mol. The van der Waals surface area contributed by atoms with E-state index in [0.717, 1.165) is 13.0 Å². The molecule has 0 bridgehead atoms. The summed E-state index contributed by atoms with van der Waals surface area (Å²) in [5, 5.41) is 0. The molecule has 0 atom stereocenters. The van der Waals surface area contributed by atoms with Gasteiger partial charge in [0, 0.05) is 0 Å². The summed E-state index contributed by atoms with van der Waals surface area (Å²) in [7, 11) is 0. The van der Waals surface area contributed by atoms with Gasteiger partial charge in [-0.2, -0.15) is 0 Å². The maximum Gasteiger partial charge on any atom is 0.261 e. The third kappa shape index (κ3) is 4.72. The van der Waals surface area contributed by atoms with Crippen molar-refractivity contribution in [2.24, 2.45) is 0 Å². The fraction of sp³-hybridized carbons (Fsp3) is 0.550. The van der Waals surface area contributed by atoms with Crippen molar-refractivity contribution in [3.63, 3.8) is 0 Å². The van der Waals surface area contributed by atoms with Gasteiger partial charge in [-0.1, -0.05) is 56.5 Å². The van der Waals surface area contributed by atoms with Crippen LogP contribution in [0.4, 0.5) is 0 Å². The number of aryl methyl sites for hydroxylation is 1. The van der Waals surface area contributed by atoms with Crippen molar-refractivity contribution in [3.8, 4) is 0 Å². The van der Waals surface area contributed by atoms with Crippen LogP contribution in [0.2, 0.25) is 0 Å². The molecule has 1 aromatic heterocycles. The number of benzene rings is 1. The van der Waals surface area contributed by atoms with Gasteiger partial charge in [-0.25, -0.2) is 9.13 Å². The third-order valence-corrected chi connectivity index (χ3v) is 4.30. The first kappa shape index (κ1) is 16.8. The molecule has 22 heavy (non-hydrogen) atoms. The minimum atomic E-state index is 0.514. The van der Waals surface area contributed by atoms with Crippen LogP contribution >= 0.6 is 0 Å². The van der Waals surface area contributed by atoms with Crippen LogP contribution in [0.1, 0.15) is 70.3 Å². The number of hydrogen-bond donors (Lipinski definition) is 0. The summed E-state index contributed by atoms with van der Waals surface area (Å²) in [4.78, 5) is 0. The van der Waals surface area contributed by atoms with E-state index in [0.29, 0.717) is 6.04 Å². The van der Waals surface area contributed by atoms with Crippen molar-refractivity contribution in [3.05, 3.63) is 54.1 Å². The van der Waals surface area contributed by atoms with Crippen molar-refractivity contribution in [1.82, 2.24) is 4.57 Å². The highest BCUT2D eigenvalue weighted by Gasteiger charge is 2.19. The van der Waals surface area contributed by atoms with Gasteiger partial charge in [0.05, 0.1) is 19.0 Å². The number of rotatable bonds is 9. The van der Waals surface area contributed by atoms with E-state index in [-0.39, 0.29) is 0 Å². The van der Waals surface area contributed by atoms with Crippen molar-refractivity contribution in [1.29, 1.82) is 0 Å².